The number of fused-ring (bicyclic) bond motifs is 1. The van der Waals surface area contributed by atoms with Gasteiger partial charge in [-0.25, -0.2) is 0 Å². The molecule has 2 N–H and O–H groups in total. The highest BCUT2D eigenvalue weighted by Crippen LogP contribution is 2.36. The minimum Gasteiger partial charge on any atom is -0.486 e. The van der Waals surface area contributed by atoms with Gasteiger partial charge in [-0.2, -0.15) is 0 Å². The molecule has 0 saturated heterocycles. The van der Waals surface area contributed by atoms with E-state index in [-0.39, 0.29) is 17.9 Å². The Kier molecular flexibility index (Phi) is 5.83. The Hall–Kier alpha value is -1.55. The Labute approximate surface area is 133 Å². The monoisotopic (exact) mass is 304 g/mol. The quantitative estimate of drug-likeness (QED) is 0.822. The number of hydrogen-bond acceptors (Lipinski definition) is 3. The van der Waals surface area contributed by atoms with Crippen molar-refractivity contribution >= 4 is 11.6 Å². The molecule has 1 atom stereocenters. The molecule has 1 unspecified atom stereocenters. The van der Waals surface area contributed by atoms with Crippen molar-refractivity contribution in [2.45, 2.75) is 52.6 Å². The number of rotatable bonds is 6. The molecule has 1 aromatic carbocycles. The van der Waals surface area contributed by atoms with E-state index >= 15 is 0 Å². The maximum atomic E-state index is 12.5. The fraction of sp³-hybridized carbons (Fsp3) is 0.611. The highest BCUT2D eigenvalue weighted by molar-refractivity contribution is 5.96. The predicted octanol–water partition coefficient (Wildman–Crippen LogP) is 3.13. The molecule has 0 fully saturated rings. The van der Waals surface area contributed by atoms with E-state index in [9.17, 15) is 4.79 Å². The zero-order valence-corrected chi connectivity index (χ0v) is 14.0. The van der Waals surface area contributed by atoms with E-state index < -0.39 is 0 Å². The minimum atomic E-state index is -0.00986. The lowest BCUT2D eigenvalue weighted by atomic mass is 10.0. The number of nitrogens with two attached hydrogens (primary N) is 1. The molecule has 0 radical (unpaired) electrons. The van der Waals surface area contributed by atoms with Gasteiger partial charge in [-0.05, 0) is 49.9 Å². The van der Waals surface area contributed by atoms with Crippen LogP contribution < -0.4 is 15.4 Å². The van der Waals surface area contributed by atoms with Crippen LogP contribution in [0, 0.1) is 5.92 Å². The molecule has 0 spiro atoms. The van der Waals surface area contributed by atoms with Crippen LogP contribution in [0.1, 0.15) is 45.6 Å². The lowest BCUT2D eigenvalue weighted by Gasteiger charge is -2.35. The van der Waals surface area contributed by atoms with Crippen molar-refractivity contribution in [2.24, 2.45) is 11.7 Å². The third-order valence-electron chi connectivity index (χ3n) is 4.13. The largest absolute Gasteiger partial charge is 0.486 e. The number of benzene rings is 1. The summed E-state index contributed by atoms with van der Waals surface area (Å²) in [6.45, 7) is 7.36. The van der Waals surface area contributed by atoms with Gasteiger partial charge in [-0.1, -0.05) is 26.8 Å². The van der Waals surface area contributed by atoms with Crippen LogP contribution >= 0.6 is 0 Å². The summed E-state index contributed by atoms with van der Waals surface area (Å²) in [6.07, 6.45) is 4.08. The van der Waals surface area contributed by atoms with Gasteiger partial charge in [0.25, 0.3) is 0 Å². The van der Waals surface area contributed by atoms with E-state index in [0.29, 0.717) is 6.54 Å². The Morgan fingerprint density at radius 1 is 1.41 bits per heavy atom. The number of nitrogens with zero attached hydrogens (tertiary/aromatic N) is 1. The lowest BCUT2D eigenvalue weighted by Crippen LogP contribution is -2.45. The first-order valence-corrected chi connectivity index (χ1v) is 8.37. The van der Waals surface area contributed by atoms with E-state index in [2.05, 4.69) is 19.1 Å². The van der Waals surface area contributed by atoms with Crippen LogP contribution in [0.4, 0.5) is 5.69 Å². The van der Waals surface area contributed by atoms with Crippen LogP contribution in [-0.4, -0.2) is 25.1 Å². The second kappa shape index (κ2) is 7.63. The van der Waals surface area contributed by atoms with Crippen molar-refractivity contribution in [3.8, 4) is 5.75 Å². The van der Waals surface area contributed by atoms with E-state index in [1.54, 1.807) is 0 Å². The lowest BCUT2D eigenvalue weighted by molar-refractivity contribution is -0.121. The number of amides is 1. The average molecular weight is 304 g/mol. The van der Waals surface area contributed by atoms with Crippen LogP contribution in [0.2, 0.25) is 0 Å². The first kappa shape index (κ1) is 16.8. The third-order valence-corrected chi connectivity index (χ3v) is 4.13. The number of carbonyl (C=O) groups is 1. The molecule has 1 aliphatic rings. The molecule has 1 heterocycles. The standard InChI is InChI=1S/C18H28N2O2/c1-4-15-12-20(18(21)13(2)3)16-11-14(7-5-6-10-19)8-9-17(16)22-15/h8-9,11,13,15H,4-7,10,12,19H2,1-3H3. The average Bonchev–Trinajstić information content (AvgIpc) is 2.53. The summed E-state index contributed by atoms with van der Waals surface area (Å²) in [4.78, 5) is 14.5. The Morgan fingerprint density at radius 2 is 2.18 bits per heavy atom. The molecule has 2 rings (SSSR count). The first-order valence-electron chi connectivity index (χ1n) is 8.37. The molecular weight excluding hydrogens is 276 g/mol. The summed E-state index contributed by atoms with van der Waals surface area (Å²) in [7, 11) is 0. The van der Waals surface area contributed by atoms with Crippen LogP contribution in [0.25, 0.3) is 0 Å². The van der Waals surface area contributed by atoms with Crippen molar-refractivity contribution < 1.29 is 9.53 Å². The van der Waals surface area contributed by atoms with Gasteiger partial charge < -0.3 is 15.4 Å². The number of hydrogen-bond donors (Lipinski definition) is 1. The highest BCUT2D eigenvalue weighted by Gasteiger charge is 2.30. The maximum absolute atomic E-state index is 12.5. The summed E-state index contributed by atoms with van der Waals surface area (Å²) in [5, 5.41) is 0. The number of carbonyl (C=O) groups excluding carboxylic acids is 1. The molecule has 0 aromatic heterocycles. The zero-order chi connectivity index (χ0) is 16.1. The van der Waals surface area contributed by atoms with Gasteiger partial charge in [-0.15, -0.1) is 0 Å². The van der Waals surface area contributed by atoms with E-state index in [0.717, 1.165) is 43.7 Å². The van der Waals surface area contributed by atoms with Crippen molar-refractivity contribution in [1.82, 2.24) is 0 Å². The minimum absolute atomic E-state index is 0.00986. The van der Waals surface area contributed by atoms with Gasteiger partial charge in [0.15, 0.2) is 0 Å². The predicted molar refractivity (Wildman–Crippen MR) is 90.3 cm³/mol. The highest BCUT2D eigenvalue weighted by atomic mass is 16.5. The topological polar surface area (TPSA) is 55.6 Å². The van der Waals surface area contributed by atoms with Crippen molar-refractivity contribution in [2.75, 3.05) is 18.0 Å². The molecule has 4 nitrogen and oxygen atoms in total. The summed E-state index contributed by atoms with van der Waals surface area (Å²) < 4.78 is 6.01. The Bertz CT molecular complexity index is 514. The molecular formula is C18H28N2O2. The van der Waals surface area contributed by atoms with Crippen LogP contribution in [0.15, 0.2) is 18.2 Å². The fourth-order valence-electron chi connectivity index (χ4n) is 2.75. The Morgan fingerprint density at radius 3 is 2.82 bits per heavy atom. The Balaban J connectivity index is 2.26. The van der Waals surface area contributed by atoms with Gasteiger partial charge in [0.05, 0.1) is 12.2 Å². The smallest absolute Gasteiger partial charge is 0.229 e. The molecule has 122 valence electrons. The van der Waals surface area contributed by atoms with Crippen molar-refractivity contribution in [3.63, 3.8) is 0 Å². The number of anilines is 1. The van der Waals surface area contributed by atoms with Crippen molar-refractivity contribution in [1.29, 1.82) is 0 Å². The van der Waals surface area contributed by atoms with E-state index in [1.807, 2.05) is 24.8 Å². The van der Waals surface area contributed by atoms with Crippen molar-refractivity contribution in [3.05, 3.63) is 23.8 Å². The van der Waals surface area contributed by atoms with Gasteiger partial charge in [0, 0.05) is 5.92 Å². The van der Waals surface area contributed by atoms with Gasteiger partial charge >= 0.3 is 0 Å². The maximum Gasteiger partial charge on any atom is 0.229 e. The van der Waals surface area contributed by atoms with Gasteiger partial charge in [0.1, 0.15) is 11.9 Å². The molecule has 22 heavy (non-hydrogen) atoms. The molecule has 1 aliphatic heterocycles. The van der Waals surface area contributed by atoms with Crippen LogP contribution in [0.3, 0.4) is 0 Å². The second-order valence-corrected chi connectivity index (χ2v) is 6.30. The second-order valence-electron chi connectivity index (χ2n) is 6.30. The molecule has 0 saturated carbocycles. The summed E-state index contributed by atoms with van der Waals surface area (Å²) in [6, 6.07) is 6.22. The third kappa shape index (κ3) is 3.80. The summed E-state index contributed by atoms with van der Waals surface area (Å²) in [5.41, 5.74) is 7.72. The summed E-state index contributed by atoms with van der Waals surface area (Å²) in [5.74, 6) is 0.987. The fourth-order valence-corrected chi connectivity index (χ4v) is 2.75. The van der Waals surface area contributed by atoms with Crippen LogP contribution in [-0.2, 0) is 11.2 Å². The van der Waals surface area contributed by atoms with Crippen LogP contribution in [0.5, 0.6) is 5.75 Å². The molecule has 4 heteroatoms. The normalized spacial score (nSPS) is 17.3. The van der Waals surface area contributed by atoms with E-state index in [1.165, 1.54) is 5.56 Å². The summed E-state index contributed by atoms with van der Waals surface area (Å²) >= 11 is 0. The molecule has 1 aromatic rings. The first-order chi connectivity index (χ1) is 10.6. The number of aryl methyl sites for hydroxylation is 1. The molecule has 0 bridgehead atoms. The van der Waals surface area contributed by atoms with Gasteiger partial charge in [-0.3, -0.25) is 4.79 Å². The number of ether oxygens (including phenoxy) is 1. The SMILES string of the molecule is CCC1CN(C(=O)C(C)C)c2cc(CCCCN)ccc2O1. The zero-order valence-electron chi connectivity index (χ0n) is 14.0. The molecule has 0 aliphatic carbocycles. The number of unbranched alkanes of at least 4 members (excludes halogenated alkanes) is 1. The van der Waals surface area contributed by atoms with E-state index in [4.69, 9.17) is 10.5 Å². The van der Waals surface area contributed by atoms with Gasteiger partial charge in [0.2, 0.25) is 5.91 Å². The molecule has 1 amide bonds.